The van der Waals surface area contributed by atoms with Gasteiger partial charge >= 0.3 is 0 Å². The highest BCUT2D eigenvalue weighted by Gasteiger charge is 2.19. The van der Waals surface area contributed by atoms with Gasteiger partial charge in [-0.05, 0) is 48.4 Å². The Kier molecular flexibility index (Phi) is 4.75. The van der Waals surface area contributed by atoms with Crippen molar-refractivity contribution in [2.24, 2.45) is 0 Å². The Morgan fingerprint density at radius 3 is 2.85 bits per heavy atom. The molecule has 1 aliphatic heterocycles. The second-order valence-electron chi connectivity index (χ2n) is 6.11. The highest BCUT2D eigenvalue weighted by Crippen LogP contribution is 2.23. The Bertz CT molecular complexity index is 885. The zero-order chi connectivity index (χ0) is 17.8. The van der Waals surface area contributed by atoms with E-state index in [1.165, 1.54) is 23.3 Å². The summed E-state index contributed by atoms with van der Waals surface area (Å²) in [6, 6.07) is 16.2. The minimum absolute atomic E-state index is 0.213. The number of halogens is 1. The Labute approximate surface area is 151 Å². The number of fused-ring (bicyclic) bond motifs is 1. The highest BCUT2D eigenvalue weighted by atomic mass is 19.1. The summed E-state index contributed by atoms with van der Waals surface area (Å²) in [6.07, 6.45) is 2.68. The van der Waals surface area contributed by atoms with E-state index in [-0.39, 0.29) is 11.9 Å². The first kappa shape index (κ1) is 16.5. The van der Waals surface area contributed by atoms with Crippen molar-refractivity contribution < 1.29 is 9.13 Å². The smallest absolute Gasteiger partial charge is 0.226 e. The van der Waals surface area contributed by atoms with Gasteiger partial charge in [-0.2, -0.15) is 4.98 Å². The van der Waals surface area contributed by atoms with Gasteiger partial charge in [-0.3, -0.25) is 0 Å². The predicted molar refractivity (Wildman–Crippen MR) is 97.9 cm³/mol. The first-order valence-electron chi connectivity index (χ1n) is 8.59. The molecule has 3 aromatic rings. The van der Waals surface area contributed by atoms with Crippen molar-refractivity contribution in [2.75, 3.05) is 18.4 Å². The molecule has 2 heterocycles. The third-order valence-corrected chi connectivity index (χ3v) is 4.35. The molecule has 4 rings (SSSR count). The fourth-order valence-corrected chi connectivity index (χ4v) is 3.08. The van der Waals surface area contributed by atoms with Crippen molar-refractivity contribution in [2.45, 2.75) is 12.5 Å². The molecular weight excluding hydrogens is 331 g/mol. The number of benzene rings is 2. The fraction of sp³-hybridized carbons (Fsp3) is 0.200. The first-order valence-corrected chi connectivity index (χ1v) is 8.59. The number of ether oxygens (including phenoxy) is 1. The lowest BCUT2D eigenvalue weighted by Crippen LogP contribution is -2.34. The molecule has 0 fully saturated rings. The number of nitrogens with zero attached hydrogens (tertiary/aromatic N) is 2. The zero-order valence-electron chi connectivity index (χ0n) is 14.2. The number of hydrogen-bond donors (Lipinski definition) is 2. The van der Waals surface area contributed by atoms with Gasteiger partial charge in [-0.25, -0.2) is 9.37 Å². The summed E-state index contributed by atoms with van der Waals surface area (Å²) in [5.41, 5.74) is 2.69. The van der Waals surface area contributed by atoms with Crippen LogP contribution < -0.4 is 15.4 Å². The van der Waals surface area contributed by atoms with Crippen LogP contribution in [0.1, 0.15) is 17.2 Å². The van der Waals surface area contributed by atoms with Crippen LogP contribution in [0.15, 0.2) is 60.8 Å². The van der Waals surface area contributed by atoms with E-state index in [1.807, 2.05) is 0 Å². The van der Waals surface area contributed by atoms with Crippen LogP contribution in [0.2, 0.25) is 0 Å². The molecule has 0 spiro atoms. The van der Waals surface area contributed by atoms with Crippen LogP contribution >= 0.6 is 0 Å². The van der Waals surface area contributed by atoms with Crippen molar-refractivity contribution in [3.05, 3.63) is 77.7 Å². The van der Waals surface area contributed by atoms with Crippen LogP contribution in [0.5, 0.6) is 11.6 Å². The molecule has 0 radical (unpaired) electrons. The summed E-state index contributed by atoms with van der Waals surface area (Å²) in [5.74, 6) is 1.13. The van der Waals surface area contributed by atoms with Gasteiger partial charge < -0.3 is 15.4 Å². The third-order valence-electron chi connectivity index (χ3n) is 4.35. The zero-order valence-corrected chi connectivity index (χ0v) is 14.2. The monoisotopic (exact) mass is 350 g/mol. The largest absolute Gasteiger partial charge is 0.439 e. The van der Waals surface area contributed by atoms with Gasteiger partial charge in [0.05, 0.1) is 0 Å². The quantitative estimate of drug-likeness (QED) is 0.735. The van der Waals surface area contributed by atoms with Gasteiger partial charge in [0.25, 0.3) is 0 Å². The van der Waals surface area contributed by atoms with Crippen LogP contribution in [0.4, 0.5) is 10.3 Å². The van der Waals surface area contributed by atoms with Crippen molar-refractivity contribution in [1.82, 2.24) is 15.3 Å². The fourth-order valence-electron chi connectivity index (χ4n) is 3.08. The maximum atomic E-state index is 13.0. The molecule has 0 amide bonds. The molecule has 132 valence electrons. The van der Waals surface area contributed by atoms with Gasteiger partial charge in [0.2, 0.25) is 11.8 Å². The van der Waals surface area contributed by atoms with Gasteiger partial charge in [0, 0.05) is 24.8 Å². The van der Waals surface area contributed by atoms with Crippen LogP contribution in [0.3, 0.4) is 0 Å². The molecule has 1 atom stereocenters. The molecule has 26 heavy (non-hydrogen) atoms. The maximum Gasteiger partial charge on any atom is 0.226 e. The van der Waals surface area contributed by atoms with E-state index >= 15 is 0 Å². The SMILES string of the molecule is Fc1ccc(Oc2ccnc(NCC3NCCc4ccccc43)n2)cc1. The van der Waals surface area contributed by atoms with E-state index in [4.69, 9.17) is 4.74 Å². The van der Waals surface area contributed by atoms with Crippen molar-refractivity contribution >= 4 is 5.95 Å². The van der Waals surface area contributed by atoms with E-state index in [9.17, 15) is 4.39 Å². The van der Waals surface area contributed by atoms with Crippen molar-refractivity contribution in [3.63, 3.8) is 0 Å². The van der Waals surface area contributed by atoms with Crippen LogP contribution in [-0.2, 0) is 6.42 Å². The number of nitrogens with one attached hydrogen (secondary N) is 2. The standard InChI is InChI=1S/C20H19FN4O/c21-15-5-7-16(8-6-15)26-19-10-12-23-20(25-19)24-13-18-17-4-2-1-3-14(17)9-11-22-18/h1-8,10,12,18,22H,9,11,13H2,(H,23,24,25). The topological polar surface area (TPSA) is 59.1 Å². The van der Waals surface area contributed by atoms with Gasteiger partial charge in [-0.15, -0.1) is 0 Å². The summed E-state index contributed by atoms with van der Waals surface area (Å²) < 4.78 is 18.6. The third kappa shape index (κ3) is 3.81. The summed E-state index contributed by atoms with van der Waals surface area (Å²) in [6.45, 7) is 1.63. The van der Waals surface area contributed by atoms with Crippen molar-refractivity contribution in [3.8, 4) is 11.6 Å². The summed E-state index contributed by atoms with van der Waals surface area (Å²) in [4.78, 5) is 8.61. The predicted octanol–water partition coefficient (Wildman–Crippen LogP) is 3.71. The number of aromatic nitrogens is 2. The Morgan fingerprint density at radius 2 is 1.96 bits per heavy atom. The van der Waals surface area contributed by atoms with E-state index < -0.39 is 0 Å². The molecule has 0 saturated heterocycles. The van der Waals surface area contributed by atoms with Crippen LogP contribution in [0, 0.1) is 5.82 Å². The molecule has 0 bridgehead atoms. The molecule has 1 aromatic heterocycles. The minimum atomic E-state index is -0.303. The normalized spacial score (nSPS) is 16.0. The lowest BCUT2D eigenvalue weighted by Gasteiger charge is -2.27. The molecule has 1 aliphatic rings. The number of anilines is 1. The molecular formula is C20H19FN4O. The van der Waals surface area contributed by atoms with E-state index in [1.54, 1.807) is 24.4 Å². The number of rotatable bonds is 5. The van der Waals surface area contributed by atoms with Gasteiger partial charge in [0.15, 0.2) is 0 Å². The second-order valence-corrected chi connectivity index (χ2v) is 6.11. The average molecular weight is 350 g/mol. The molecule has 0 saturated carbocycles. The molecule has 2 aromatic carbocycles. The van der Waals surface area contributed by atoms with Crippen LogP contribution in [0.25, 0.3) is 0 Å². The number of hydrogen-bond acceptors (Lipinski definition) is 5. The molecule has 2 N–H and O–H groups in total. The minimum Gasteiger partial charge on any atom is -0.439 e. The van der Waals surface area contributed by atoms with Crippen molar-refractivity contribution in [1.29, 1.82) is 0 Å². The summed E-state index contributed by atoms with van der Waals surface area (Å²) in [7, 11) is 0. The maximum absolute atomic E-state index is 13.0. The van der Waals surface area contributed by atoms with Gasteiger partial charge in [0.1, 0.15) is 11.6 Å². The Hall–Kier alpha value is -2.99. The van der Waals surface area contributed by atoms with E-state index in [2.05, 4.69) is 44.9 Å². The Morgan fingerprint density at radius 1 is 1.12 bits per heavy atom. The molecule has 1 unspecified atom stereocenters. The lowest BCUT2D eigenvalue weighted by molar-refractivity contribution is 0.460. The van der Waals surface area contributed by atoms with Crippen LogP contribution in [-0.4, -0.2) is 23.1 Å². The highest BCUT2D eigenvalue weighted by molar-refractivity contribution is 5.36. The Balaban J connectivity index is 1.42. The van der Waals surface area contributed by atoms with Gasteiger partial charge in [-0.1, -0.05) is 24.3 Å². The van der Waals surface area contributed by atoms with E-state index in [0.717, 1.165) is 13.0 Å². The summed E-state index contributed by atoms with van der Waals surface area (Å²) >= 11 is 0. The summed E-state index contributed by atoms with van der Waals surface area (Å²) in [5, 5.41) is 6.79. The molecule has 5 nitrogen and oxygen atoms in total. The molecule has 6 heteroatoms. The lowest BCUT2D eigenvalue weighted by atomic mass is 9.94. The van der Waals surface area contributed by atoms with E-state index in [0.29, 0.717) is 24.1 Å². The average Bonchev–Trinajstić information content (AvgIpc) is 2.68. The first-order chi connectivity index (χ1) is 12.8. The molecule has 0 aliphatic carbocycles. The second kappa shape index (κ2) is 7.49.